The molecule has 2 N–H and O–H groups in total. The molecule has 0 fully saturated rings. The minimum atomic E-state index is -0.967. The summed E-state index contributed by atoms with van der Waals surface area (Å²) in [5.41, 5.74) is 0.550. The van der Waals surface area contributed by atoms with E-state index in [0.29, 0.717) is 10.5 Å². The maximum atomic E-state index is 11.9. The molecular formula is C13H8BrN5O6. The lowest BCUT2D eigenvalue weighted by Crippen LogP contribution is -2.17. The Morgan fingerprint density at radius 2 is 1.96 bits per heavy atom. The van der Waals surface area contributed by atoms with Crippen LogP contribution in [0.15, 0.2) is 40.2 Å². The summed E-state index contributed by atoms with van der Waals surface area (Å²) in [5, 5.41) is 35.0. The quantitative estimate of drug-likeness (QED) is 0.434. The number of nitrogens with one attached hydrogen (secondary N) is 1. The number of carbonyl (C=O) groups is 1. The van der Waals surface area contributed by atoms with Crippen molar-refractivity contribution >= 4 is 39.4 Å². The van der Waals surface area contributed by atoms with Crippen LogP contribution < -0.4 is 5.43 Å². The Morgan fingerprint density at radius 1 is 1.24 bits per heavy atom. The maximum Gasteiger partial charge on any atom is 0.318 e. The Balaban J connectivity index is 2.27. The van der Waals surface area contributed by atoms with Gasteiger partial charge < -0.3 is 5.11 Å². The third-order valence-electron chi connectivity index (χ3n) is 2.85. The molecule has 0 aliphatic carbocycles. The average molecular weight is 410 g/mol. The molecule has 0 bridgehead atoms. The van der Waals surface area contributed by atoms with E-state index in [1.165, 1.54) is 18.5 Å². The second-order valence-electron chi connectivity index (χ2n) is 4.51. The van der Waals surface area contributed by atoms with Gasteiger partial charge >= 0.3 is 5.69 Å². The number of halogens is 1. The highest BCUT2D eigenvalue weighted by atomic mass is 79.9. The minimum Gasteiger partial charge on any atom is -0.502 e. The van der Waals surface area contributed by atoms with Crippen molar-refractivity contribution in [3.8, 4) is 5.75 Å². The molecule has 1 aromatic carbocycles. The monoisotopic (exact) mass is 409 g/mol. The normalized spacial score (nSPS) is 10.6. The number of hydrogen-bond donors (Lipinski definition) is 2. The zero-order valence-corrected chi connectivity index (χ0v) is 13.7. The minimum absolute atomic E-state index is 0.181. The summed E-state index contributed by atoms with van der Waals surface area (Å²) >= 11 is 3.15. The first-order valence-corrected chi connectivity index (χ1v) is 7.18. The second kappa shape index (κ2) is 7.44. The Kier molecular flexibility index (Phi) is 5.34. The number of nitro benzene ring substituents is 2. The predicted octanol–water partition coefficient (Wildman–Crippen LogP) is 2.13. The van der Waals surface area contributed by atoms with Crippen LogP contribution in [0, 0.1) is 20.2 Å². The Bertz CT molecular complexity index is 900. The van der Waals surface area contributed by atoms with Gasteiger partial charge in [-0.1, -0.05) is 0 Å². The number of phenols is 1. The number of non-ortho nitro benzene ring substituents is 1. The van der Waals surface area contributed by atoms with Crippen LogP contribution in [0.3, 0.4) is 0 Å². The number of benzene rings is 1. The summed E-state index contributed by atoms with van der Waals surface area (Å²) in [4.78, 5) is 35.5. The largest absolute Gasteiger partial charge is 0.502 e. The molecule has 11 nitrogen and oxygen atoms in total. The van der Waals surface area contributed by atoms with Crippen LogP contribution in [0.25, 0.3) is 0 Å². The van der Waals surface area contributed by atoms with Crippen LogP contribution in [0.1, 0.15) is 15.9 Å². The molecule has 1 heterocycles. The van der Waals surface area contributed by atoms with Gasteiger partial charge in [0.1, 0.15) is 0 Å². The fourth-order valence-electron chi connectivity index (χ4n) is 1.73. The van der Waals surface area contributed by atoms with Crippen molar-refractivity contribution in [1.82, 2.24) is 10.4 Å². The number of rotatable bonds is 5. The number of nitrogens with zero attached hydrogens (tertiary/aromatic N) is 4. The van der Waals surface area contributed by atoms with Gasteiger partial charge in [0.25, 0.3) is 11.6 Å². The molecule has 1 aromatic heterocycles. The van der Waals surface area contributed by atoms with Crippen LogP contribution in [0.2, 0.25) is 0 Å². The SMILES string of the molecule is O=C(NN=Cc1cc([N+](=O)[O-])cc([N+](=O)[O-])c1O)c1cncc(Br)c1. The summed E-state index contributed by atoms with van der Waals surface area (Å²) in [6.07, 6.45) is 3.62. The lowest BCUT2D eigenvalue weighted by Gasteiger charge is -2.02. The van der Waals surface area contributed by atoms with Crippen LogP contribution in [0.4, 0.5) is 11.4 Å². The first-order chi connectivity index (χ1) is 11.8. The fourth-order valence-corrected chi connectivity index (χ4v) is 2.09. The van der Waals surface area contributed by atoms with Crippen molar-refractivity contribution < 1.29 is 19.7 Å². The summed E-state index contributed by atoms with van der Waals surface area (Å²) < 4.78 is 0.566. The molecule has 0 aliphatic heterocycles. The summed E-state index contributed by atoms with van der Waals surface area (Å²) in [6.45, 7) is 0. The highest BCUT2D eigenvalue weighted by Gasteiger charge is 2.23. The predicted molar refractivity (Wildman–Crippen MR) is 88.4 cm³/mol. The van der Waals surface area contributed by atoms with Gasteiger partial charge in [0.2, 0.25) is 5.75 Å². The number of phenolic OH excluding ortho intramolecular Hbond substituents is 1. The molecule has 2 rings (SSSR count). The topological polar surface area (TPSA) is 161 Å². The van der Waals surface area contributed by atoms with E-state index >= 15 is 0 Å². The van der Waals surface area contributed by atoms with E-state index in [-0.39, 0.29) is 11.1 Å². The smallest absolute Gasteiger partial charge is 0.318 e. The van der Waals surface area contributed by atoms with E-state index in [4.69, 9.17) is 0 Å². The molecule has 0 atom stereocenters. The lowest BCUT2D eigenvalue weighted by molar-refractivity contribution is -0.394. The number of aromatic hydroxyl groups is 1. The van der Waals surface area contributed by atoms with Crippen molar-refractivity contribution in [1.29, 1.82) is 0 Å². The molecule has 0 unspecified atom stereocenters. The van der Waals surface area contributed by atoms with E-state index in [1.54, 1.807) is 0 Å². The Hall–Kier alpha value is -3.41. The van der Waals surface area contributed by atoms with E-state index in [1.807, 2.05) is 0 Å². The van der Waals surface area contributed by atoms with E-state index in [0.717, 1.165) is 12.3 Å². The van der Waals surface area contributed by atoms with E-state index in [9.17, 15) is 30.1 Å². The van der Waals surface area contributed by atoms with E-state index < -0.39 is 32.9 Å². The molecule has 0 aliphatic rings. The van der Waals surface area contributed by atoms with Crippen molar-refractivity contribution in [3.05, 3.63) is 66.4 Å². The zero-order chi connectivity index (χ0) is 18.6. The molecular weight excluding hydrogens is 402 g/mol. The van der Waals surface area contributed by atoms with E-state index in [2.05, 4.69) is 31.4 Å². The van der Waals surface area contributed by atoms with Crippen LogP contribution in [-0.4, -0.2) is 32.1 Å². The van der Waals surface area contributed by atoms with Crippen molar-refractivity contribution in [3.63, 3.8) is 0 Å². The number of hydrogen-bond acceptors (Lipinski definition) is 8. The zero-order valence-electron chi connectivity index (χ0n) is 12.1. The average Bonchev–Trinajstić information content (AvgIpc) is 2.55. The van der Waals surface area contributed by atoms with Crippen molar-refractivity contribution in [2.24, 2.45) is 5.10 Å². The van der Waals surface area contributed by atoms with Gasteiger partial charge in [0.15, 0.2) is 0 Å². The van der Waals surface area contributed by atoms with Crippen LogP contribution in [0.5, 0.6) is 5.75 Å². The molecule has 128 valence electrons. The molecule has 0 saturated carbocycles. The van der Waals surface area contributed by atoms with Gasteiger partial charge in [0, 0.05) is 22.9 Å². The summed E-state index contributed by atoms with van der Waals surface area (Å²) in [6, 6.07) is 2.99. The number of amides is 1. The van der Waals surface area contributed by atoms with Gasteiger partial charge in [-0.15, -0.1) is 0 Å². The van der Waals surface area contributed by atoms with Gasteiger partial charge in [-0.3, -0.25) is 30.0 Å². The third kappa shape index (κ3) is 4.32. The van der Waals surface area contributed by atoms with Gasteiger partial charge in [-0.05, 0) is 22.0 Å². The molecule has 0 saturated heterocycles. The maximum absolute atomic E-state index is 11.9. The third-order valence-corrected chi connectivity index (χ3v) is 3.28. The number of aromatic nitrogens is 1. The number of pyridine rings is 1. The van der Waals surface area contributed by atoms with Crippen LogP contribution >= 0.6 is 15.9 Å². The standard InChI is InChI=1S/C13H8BrN5O6/c14-9-1-8(4-15-6-9)13(21)17-16-5-7-2-10(18(22)23)3-11(12(7)20)19(24)25/h1-6,20H,(H,17,21). The highest BCUT2D eigenvalue weighted by Crippen LogP contribution is 2.33. The van der Waals surface area contributed by atoms with Crippen molar-refractivity contribution in [2.75, 3.05) is 0 Å². The van der Waals surface area contributed by atoms with Gasteiger partial charge in [0.05, 0.1) is 33.3 Å². The molecule has 2 aromatic rings. The second-order valence-corrected chi connectivity index (χ2v) is 5.42. The molecule has 1 amide bonds. The Labute approximate surface area is 147 Å². The van der Waals surface area contributed by atoms with Gasteiger partial charge in [-0.25, -0.2) is 5.43 Å². The number of nitro groups is 2. The Morgan fingerprint density at radius 3 is 2.56 bits per heavy atom. The lowest BCUT2D eigenvalue weighted by atomic mass is 10.1. The van der Waals surface area contributed by atoms with Gasteiger partial charge in [-0.2, -0.15) is 5.10 Å². The highest BCUT2D eigenvalue weighted by molar-refractivity contribution is 9.10. The number of carbonyl (C=O) groups excluding carboxylic acids is 1. The van der Waals surface area contributed by atoms with Crippen molar-refractivity contribution in [2.45, 2.75) is 0 Å². The molecule has 12 heteroatoms. The molecule has 0 spiro atoms. The summed E-state index contributed by atoms with van der Waals surface area (Å²) in [7, 11) is 0. The number of hydrazone groups is 1. The molecule has 25 heavy (non-hydrogen) atoms. The van der Waals surface area contributed by atoms with Crippen LogP contribution in [-0.2, 0) is 0 Å². The first kappa shape index (κ1) is 17.9. The summed E-state index contributed by atoms with van der Waals surface area (Å²) in [5.74, 6) is -1.44. The fraction of sp³-hybridized carbons (Fsp3) is 0. The first-order valence-electron chi connectivity index (χ1n) is 6.39. The molecule has 0 radical (unpaired) electrons.